The Labute approximate surface area is 172 Å². The first-order valence-electron chi connectivity index (χ1n) is 9.68. The number of nitrogens with zero attached hydrogens (tertiary/aromatic N) is 1. The molecule has 0 spiro atoms. The van der Waals surface area contributed by atoms with Gasteiger partial charge in [0, 0.05) is 43.8 Å². The van der Waals surface area contributed by atoms with Crippen molar-refractivity contribution in [3.63, 3.8) is 0 Å². The molecule has 1 aliphatic rings. The van der Waals surface area contributed by atoms with Crippen LogP contribution in [0.2, 0.25) is 5.02 Å². The van der Waals surface area contributed by atoms with Gasteiger partial charge in [-0.1, -0.05) is 11.6 Å². The van der Waals surface area contributed by atoms with Gasteiger partial charge in [0.25, 0.3) is 0 Å². The summed E-state index contributed by atoms with van der Waals surface area (Å²) in [7, 11) is -3.74. The Morgan fingerprint density at radius 3 is 2.61 bits per heavy atom. The van der Waals surface area contributed by atoms with Crippen molar-refractivity contribution >= 4 is 27.5 Å². The summed E-state index contributed by atoms with van der Waals surface area (Å²) in [6.45, 7) is 6.51. The second-order valence-corrected chi connectivity index (χ2v) is 8.89. The van der Waals surface area contributed by atoms with Crippen LogP contribution in [0.4, 0.5) is 0 Å². The largest absolute Gasteiger partial charge is 0.492 e. The fraction of sp³-hybridized carbons (Fsp3) is 0.632. The summed E-state index contributed by atoms with van der Waals surface area (Å²) >= 11 is 6.01. The average Bonchev–Trinajstić information content (AvgIpc) is 2.69. The molecule has 0 atom stereocenters. The summed E-state index contributed by atoms with van der Waals surface area (Å²) in [4.78, 5) is 12.4. The van der Waals surface area contributed by atoms with Gasteiger partial charge in [-0.15, -0.1) is 0 Å². The summed E-state index contributed by atoms with van der Waals surface area (Å²) < 4.78 is 38.2. The zero-order chi connectivity index (χ0) is 20.6. The molecule has 0 aliphatic carbocycles. The Balaban J connectivity index is 1.95. The van der Waals surface area contributed by atoms with Crippen LogP contribution in [-0.4, -0.2) is 58.1 Å². The SMILES string of the molecule is CCOCCCNC(=O)C1CCN(S(=O)(=O)c2cc(Cl)ccc2OCC)CC1. The Bertz CT molecular complexity index is 749. The molecule has 0 radical (unpaired) electrons. The zero-order valence-corrected chi connectivity index (χ0v) is 18.0. The molecule has 0 unspecified atom stereocenters. The maximum absolute atomic E-state index is 13.1. The number of rotatable bonds is 10. The minimum absolute atomic E-state index is 0.0219. The number of nitrogens with one attached hydrogen (secondary N) is 1. The third-order valence-corrected chi connectivity index (χ3v) is 6.77. The molecule has 1 aromatic rings. The van der Waals surface area contributed by atoms with Crippen LogP contribution in [0.3, 0.4) is 0 Å². The minimum Gasteiger partial charge on any atom is -0.492 e. The standard InChI is InChI=1S/C19H29ClN2O5S/c1-3-26-13-5-10-21-19(23)15-8-11-22(12-9-15)28(24,25)18-14-16(20)6-7-17(18)27-4-2/h6-7,14-15H,3-5,8-13H2,1-2H3,(H,21,23). The van der Waals surface area contributed by atoms with Crippen molar-refractivity contribution in [3.05, 3.63) is 23.2 Å². The third kappa shape index (κ3) is 6.07. The molecule has 1 fully saturated rings. The summed E-state index contributed by atoms with van der Waals surface area (Å²) in [5, 5.41) is 3.24. The predicted octanol–water partition coefficient (Wildman–Crippen LogP) is 2.68. The lowest BCUT2D eigenvalue weighted by atomic mass is 9.97. The van der Waals surface area contributed by atoms with E-state index in [2.05, 4.69) is 5.32 Å². The van der Waals surface area contributed by atoms with E-state index >= 15 is 0 Å². The molecule has 1 amide bonds. The highest BCUT2D eigenvalue weighted by molar-refractivity contribution is 7.89. The highest BCUT2D eigenvalue weighted by Crippen LogP contribution is 2.32. The second-order valence-electron chi connectivity index (χ2n) is 6.54. The Hall–Kier alpha value is -1.35. The van der Waals surface area contributed by atoms with Gasteiger partial charge in [0.05, 0.1) is 6.61 Å². The summed E-state index contributed by atoms with van der Waals surface area (Å²) in [5.74, 6) is 0.0941. The van der Waals surface area contributed by atoms with Gasteiger partial charge >= 0.3 is 0 Å². The van der Waals surface area contributed by atoms with E-state index in [0.29, 0.717) is 50.0 Å². The van der Waals surface area contributed by atoms with E-state index in [1.54, 1.807) is 19.1 Å². The molecule has 0 aromatic heterocycles. The zero-order valence-electron chi connectivity index (χ0n) is 16.4. The number of piperidine rings is 1. The summed E-state index contributed by atoms with van der Waals surface area (Å²) in [6, 6.07) is 4.59. The van der Waals surface area contributed by atoms with Crippen LogP contribution < -0.4 is 10.1 Å². The van der Waals surface area contributed by atoms with Crippen LogP contribution in [-0.2, 0) is 19.6 Å². The highest BCUT2D eigenvalue weighted by atomic mass is 35.5. The Morgan fingerprint density at radius 2 is 1.96 bits per heavy atom. The molecule has 2 rings (SSSR count). The van der Waals surface area contributed by atoms with Crippen LogP contribution in [0.15, 0.2) is 23.1 Å². The van der Waals surface area contributed by atoms with Crippen LogP contribution >= 0.6 is 11.6 Å². The molecular weight excluding hydrogens is 404 g/mol. The maximum atomic E-state index is 13.1. The Kier molecular flexibility index (Phi) is 9.01. The second kappa shape index (κ2) is 11.0. The number of benzene rings is 1. The molecule has 28 heavy (non-hydrogen) atoms. The average molecular weight is 433 g/mol. The summed E-state index contributed by atoms with van der Waals surface area (Å²) in [5.41, 5.74) is 0. The lowest BCUT2D eigenvalue weighted by molar-refractivity contribution is -0.126. The lowest BCUT2D eigenvalue weighted by Crippen LogP contribution is -2.43. The number of carbonyl (C=O) groups excluding carboxylic acids is 1. The van der Waals surface area contributed by atoms with Gasteiger partial charge in [-0.2, -0.15) is 4.31 Å². The molecular formula is C19H29ClN2O5S. The first kappa shape index (κ1) is 22.9. The van der Waals surface area contributed by atoms with E-state index in [1.165, 1.54) is 10.4 Å². The number of halogens is 1. The molecule has 1 heterocycles. The first-order chi connectivity index (χ1) is 13.4. The van der Waals surface area contributed by atoms with Crippen molar-refractivity contribution in [2.75, 3.05) is 39.5 Å². The molecule has 158 valence electrons. The van der Waals surface area contributed by atoms with Gasteiger partial charge in [-0.05, 0) is 51.3 Å². The van der Waals surface area contributed by atoms with Gasteiger partial charge in [0.2, 0.25) is 15.9 Å². The number of amides is 1. The number of ether oxygens (including phenoxy) is 2. The van der Waals surface area contributed by atoms with Gasteiger partial charge in [-0.3, -0.25) is 4.79 Å². The minimum atomic E-state index is -3.74. The monoisotopic (exact) mass is 432 g/mol. The van der Waals surface area contributed by atoms with E-state index in [0.717, 1.165) is 6.42 Å². The van der Waals surface area contributed by atoms with Crippen molar-refractivity contribution < 1.29 is 22.7 Å². The molecule has 1 aromatic carbocycles. The van der Waals surface area contributed by atoms with Crippen molar-refractivity contribution in [2.45, 2.75) is 38.0 Å². The van der Waals surface area contributed by atoms with Crippen molar-refractivity contribution in [3.8, 4) is 5.75 Å². The van der Waals surface area contributed by atoms with Gasteiger partial charge in [0.15, 0.2) is 0 Å². The first-order valence-corrected chi connectivity index (χ1v) is 11.5. The normalized spacial score (nSPS) is 16.1. The fourth-order valence-corrected chi connectivity index (χ4v) is 4.99. The van der Waals surface area contributed by atoms with Gasteiger partial charge < -0.3 is 14.8 Å². The van der Waals surface area contributed by atoms with E-state index in [1.807, 2.05) is 6.92 Å². The highest BCUT2D eigenvalue weighted by Gasteiger charge is 2.33. The molecule has 1 saturated heterocycles. The van der Waals surface area contributed by atoms with Crippen molar-refractivity contribution in [1.82, 2.24) is 9.62 Å². The Morgan fingerprint density at radius 1 is 1.25 bits per heavy atom. The predicted molar refractivity (Wildman–Crippen MR) is 108 cm³/mol. The van der Waals surface area contributed by atoms with E-state index in [-0.39, 0.29) is 29.8 Å². The number of sulfonamides is 1. The molecule has 7 nitrogen and oxygen atoms in total. The van der Waals surface area contributed by atoms with Gasteiger partial charge in [-0.25, -0.2) is 8.42 Å². The lowest BCUT2D eigenvalue weighted by Gasteiger charge is -2.31. The molecule has 9 heteroatoms. The van der Waals surface area contributed by atoms with Crippen LogP contribution in [0.5, 0.6) is 5.75 Å². The number of carbonyl (C=O) groups is 1. The summed E-state index contributed by atoms with van der Waals surface area (Å²) in [6.07, 6.45) is 1.74. The smallest absolute Gasteiger partial charge is 0.246 e. The molecule has 0 bridgehead atoms. The van der Waals surface area contributed by atoms with E-state index < -0.39 is 10.0 Å². The molecule has 0 saturated carbocycles. The van der Waals surface area contributed by atoms with Crippen LogP contribution in [0, 0.1) is 5.92 Å². The molecule has 1 N–H and O–H groups in total. The van der Waals surface area contributed by atoms with Crippen molar-refractivity contribution in [2.24, 2.45) is 5.92 Å². The fourth-order valence-electron chi connectivity index (χ4n) is 3.13. The van der Waals surface area contributed by atoms with Crippen LogP contribution in [0.1, 0.15) is 33.1 Å². The quantitative estimate of drug-likeness (QED) is 0.574. The topological polar surface area (TPSA) is 84.9 Å². The van der Waals surface area contributed by atoms with Gasteiger partial charge in [0.1, 0.15) is 10.6 Å². The maximum Gasteiger partial charge on any atom is 0.246 e. The number of hydrogen-bond acceptors (Lipinski definition) is 5. The third-order valence-electron chi connectivity index (χ3n) is 4.62. The van der Waals surface area contributed by atoms with Crippen molar-refractivity contribution in [1.29, 1.82) is 0 Å². The number of hydrogen-bond donors (Lipinski definition) is 1. The van der Waals surface area contributed by atoms with E-state index in [4.69, 9.17) is 21.1 Å². The van der Waals surface area contributed by atoms with E-state index in [9.17, 15) is 13.2 Å². The molecule has 1 aliphatic heterocycles. The van der Waals surface area contributed by atoms with Crippen LogP contribution in [0.25, 0.3) is 0 Å².